The molecular formula is C27H32N4O3S. The Morgan fingerprint density at radius 2 is 1.91 bits per heavy atom. The molecule has 5 rings (SSSR count). The van der Waals surface area contributed by atoms with Gasteiger partial charge in [-0.15, -0.1) is 0 Å². The molecule has 2 aromatic carbocycles. The molecule has 35 heavy (non-hydrogen) atoms. The molecule has 2 aliphatic rings. The number of aromatic nitrogens is 1. The van der Waals surface area contributed by atoms with Gasteiger partial charge in [0.05, 0.1) is 18.9 Å². The molecule has 0 radical (unpaired) electrons. The van der Waals surface area contributed by atoms with Crippen molar-refractivity contribution in [3.8, 4) is 11.5 Å². The first-order valence-electron chi connectivity index (χ1n) is 12.1. The topological polar surface area (TPSA) is 66.9 Å². The number of amides is 1. The fourth-order valence-electron chi connectivity index (χ4n) is 4.86. The van der Waals surface area contributed by atoms with Gasteiger partial charge in [0.25, 0.3) is 0 Å². The van der Waals surface area contributed by atoms with Gasteiger partial charge in [-0.05, 0) is 54.1 Å². The van der Waals surface area contributed by atoms with E-state index in [1.54, 1.807) is 37.9 Å². The molecule has 2 atom stereocenters. The van der Waals surface area contributed by atoms with Gasteiger partial charge < -0.3 is 19.7 Å². The van der Waals surface area contributed by atoms with E-state index in [2.05, 4.69) is 39.4 Å². The smallest absolute Gasteiger partial charge is 0.244 e. The van der Waals surface area contributed by atoms with Gasteiger partial charge in [0.15, 0.2) is 11.5 Å². The van der Waals surface area contributed by atoms with Gasteiger partial charge in [-0.2, -0.15) is 4.37 Å². The van der Waals surface area contributed by atoms with Crippen molar-refractivity contribution in [3.63, 3.8) is 0 Å². The van der Waals surface area contributed by atoms with E-state index in [0.717, 1.165) is 50.6 Å². The van der Waals surface area contributed by atoms with Crippen molar-refractivity contribution in [2.24, 2.45) is 11.8 Å². The number of rotatable bonds is 9. The number of fused-ring (bicyclic) bond motifs is 1. The normalized spacial score (nSPS) is 20.3. The van der Waals surface area contributed by atoms with Crippen LogP contribution < -0.4 is 19.7 Å². The van der Waals surface area contributed by atoms with E-state index in [9.17, 15) is 4.79 Å². The number of methoxy groups -OCH3 is 2. The first-order valence-corrected chi connectivity index (χ1v) is 12.9. The van der Waals surface area contributed by atoms with Crippen molar-refractivity contribution in [2.45, 2.75) is 6.42 Å². The summed E-state index contributed by atoms with van der Waals surface area (Å²) >= 11 is 1.59. The SMILES string of the molecule is COc1cccc(C=CC(=O)NC[C@H]2C[C@@H]2CN2CCN(c3nsc4ccccc34)CC2)c1OC. The molecule has 7 nitrogen and oxygen atoms in total. The summed E-state index contributed by atoms with van der Waals surface area (Å²) in [6.07, 6.45) is 4.52. The minimum absolute atomic E-state index is 0.0790. The molecule has 3 aromatic rings. The fourth-order valence-corrected chi connectivity index (χ4v) is 5.65. The average molecular weight is 493 g/mol. The number of benzene rings is 2. The Kier molecular flexibility index (Phi) is 7.20. The third-order valence-corrected chi connectivity index (χ3v) is 7.80. The van der Waals surface area contributed by atoms with E-state index in [1.165, 1.54) is 16.5 Å². The van der Waals surface area contributed by atoms with Crippen molar-refractivity contribution < 1.29 is 14.3 Å². The summed E-state index contributed by atoms with van der Waals surface area (Å²) < 4.78 is 16.7. The van der Waals surface area contributed by atoms with E-state index in [4.69, 9.17) is 13.8 Å². The maximum absolute atomic E-state index is 12.4. The van der Waals surface area contributed by atoms with E-state index < -0.39 is 0 Å². The van der Waals surface area contributed by atoms with Crippen LogP contribution in [0.2, 0.25) is 0 Å². The Balaban J connectivity index is 1.04. The number of para-hydroxylation sites is 1. The summed E-state index contributed by atoms with van der Waals surface area (Å²) in [4.78, 5) is 17.3. The van der Waals surface area contributed by atoms with Crippen LogP contribution in [0.1, 0.15) is 12.0 Å². The molecule has 8 heteroatoms. The van der Waals surface area contributed by atoms with Gasteiger partial charge >= 0.3 is 0 Å². The van der Waals surface area contributed by atoms with Crippen molar-refractivity contribution >= 4 is 39.4 Å². The zero-order valence-electron chi connectivity index (χ0n) is 20.3. The highest BCUT2D eigenvalue weighted by Gasteiger charge is 2.38. The van der Waals surface area contributed by atoms with Gasteiger partial charge in [-0.1, -0.05) is 24.3 Å². The molecule has 0 spiro atoms. The lowest BCUT2D eigenvalue weighted by Gasteiger charge is -2.35. The molecule has 1 aliphatic heterocycles. The van der Waals surface area contributed by atoms with Crippen LogP contribution in [-0.4, -0.2) is 68.7 Å². The summed E-state index contributed by atoms with van der Waals surface area (Å²) in [6, 6.07) is 14.1. The van der Waals surface area contributed by atoms with E-state index in [-0.39, 0.29) is 5.91 Å². The quantitative estimate of drug-likeness (QED) is 0.457. The van der Waals surface area contributed by atoms with Crippen molar-refractivity contribution in [3.05, 3.63) is 54.1 Å². The molecule has 1 aliphatic carbocycles. The first kappa shape index (κ1) is 23.6. The van der Waals surface area contributed by atoms with Crippen molar-refractivity contribution in [1.82, 2.24) is 14.6 Å². The molecule has 1 saturated carbocycles. The monoisotopic (exact) mass is 492 g/mol. The molecule has 0 unspecified atom stereocenters. The molecule has 0 bridgehead atoms. The number of hydrogen-bond donors (Lipinski definition) is 1. The summed E-state index contributed by atoms with van der Waals surface area (Å²) in [5.74, 6) is 3.58. The Hall–Kier alpha value is -3.10. The van der Waals surface area contributed by atoms with Gasteiger partial charge in [-0.3, -0.25) is 9.69 Å². The average Bonchev–Trinajstić information content (AvgIpc) is 3.49. The van der Waals surface area contributed by atoms with E-state index in [1.807, 2.05) is 18.2 Å². The van der Waals surface area contributed by atoms with Crippen LogP contribution in [0.3, 0.4) is 0 Å². The third-order valence-electron chi connectivity index (χ3n) is 6.98. The molecule has 2 fully saturated rings. The van der Waals surface area contributed by atoms with Gasteiger partial charge in [0, 0.05) is 56.3 Å². The molecule has 2 heterocycles. The lowest BCUT2D eigenvalue weighted by Crippen LogP contribution is -2.47. The molecule has 1 N–H and O–H groups in total. The summed E-state index contributed by atoms with van der Waals surface area (Å²) in [5, 5.41) is 4.33. The van der Waals surface area contributed by atoms with Gasteiger partial charge in [0.1, 0.15) is 5.82 Å². The second-order valence-corrected chi connectivity index (χ2v) is 10.0. The van der Waals surface area contributed by atoms with Crippen LogP contribution in [0.25, 0.3) is 16.2 Å². The highest BCUT2D eigenvalue weighted by Crippen LogP contribution is 2.39. The lowest BCUT2D eigenvalue weighted by atomic mass is 10.1. The molecule has 1 amide bonds. The molecule has 1 aromatic heterocycles. The van der Waals surface area contributed by atoms with Crippen LogP contribution >= 0.6 is 11.5 Å². The van der Waals surface area contributed by atoms with Crippen LogP contribution in [0.4, 0.5) is 5.82 Å². The number of ether oxygens (including phenoxy) is 2. The number of nitrogens with one attached hydrogen (secondary N) is 1. The first-order chi connectivity index (χ1) is 17.2. The number of carbonyl (C=O) groups is 1. The number of anilines is 1. The van der Waals surface area contributed by atoms with Crippen LogP contribution in [0.5, 0.6) is 11.5 Å². The summed E-state index contributed by atoms with van der Waals surface area (Å²) in [5.41, 5.74) is 0.816. The maximum atomic E-state index is 12.4. The Morgan fingerprint density at radius 1 is 1.09 bits per heavy atom. The maximum Gasteiger partial charge on any atom is 0.244 e. The largest absolute Gasteiger partial charge is 0.493 e. The summed E-state index contributed by atoms with van der Waals surface area (Å²) in [6.45, 7) is 6.00. The van der Waals surface area contributed by atoms with Crippen LogP contribution in [0.15, 0.2) is 48.5 Å². The summed E-state index contributed by atoms with van der Waals surface area (Å²) in [7, 11) is 3.20. The van der Waals surface area contributed by atoms with Crippen LogP contribution in [-0.2, 0) is 4.79 Å². The van der Waals surface area contributed by atoms with Gasteiger partial charge in [-0.25, -0.2) is 0 Å². The Labute approximate surface area is 210 Å². The van der Waals surface area contributed by atoms with Crippen LogP contribution in [0, 0.1) is 11.8 Å². The standard InChI is InChI=1S/C27H32N4O3S/c1-33-23-8-5-6-19(26(23)34-2)10-11-25(32)28-17-20-16-21(20)18-30-12-14-31(15-13-30)27-22-7-3-4-9-24(22)35-29-27/h3-11,20-21H,12-18H2,1-2H3,(H,28,32)/t20-,21-/m1/s1. The minimum atomic E-state index is -0.0790. The van der Waals surface area contributed by atoms with Crippen molar-refractivity contribution in [2.75, 3.05) is 58.4 Å². The molecule has 1 saturated heterocycles. The lowest BCUT2D eigenvalue weighted by molar-refractivity contribution is -0.116. The van der Waals surface area contributed by atoms with E-state index in [0.29, 0.717) is 23.3 Å². The highest BCUT2D eigenvalue weighted by atomic mass is 32.1. The number of hydrogen-bond acceptors (Lipinski definition) is 7. The Bertz CT molecular complexity index is 1200. The highest BCUT2D eigenvalue weighted by molar-refractivity contribution is 7.13. The van der Waals surface area contributed by atoms with E-state index >= 15 is 0 Å². The molecular weight excluding hydrogens is 460 g/mol. The fraction of sp³-hybridized carbons (Fsp3) is 0.407. The second-order valence-electron chi connectivity index (χ2n) is 9.21. The zero-order chi connectivity index (χ0) is 24.2. The minimum Gasteiger partial charge on any atom is -0.493 e. The molecule has 184 valence electrons. The predicted octanol–water partition coefficient (Wildman–Crippen LogP) is 3.90. The number of carbonyl (C=O) groups excluding carboxylic acids is 1. The Morgan fingerprint density at radius 3 is 2.71 bits per heavy atom. The number of piperazine rings is 1. The third kappa shape index (κ3) is 5.44. The van der Waals surface area contributed by atoms with Gasteiger partial charge in [0.2, 0.25) is 5.91 Å². The van der Waals surface area contributed by atoms with Crippen molar-refractivity contribution in [1.29, 1.82) is 0 Å². The predicted molar refractivity (Wildman–Crippen MR) is 141 cm³/mol. The second kappa shape index (κ2) is 10.7. The number of nitrogens with zero attached hydrogens (tertiary/aromatic N) is 3. The zero-order valence-corrected chi connectivity index (χ0v) is 21.1.